The Morgan fingerprint density at radius 2 is 1.03 bits per heavy atom. The van der Waals surface area contributed by atoms with Crippen LogP contribution in [0.15, 0.2) is 59.9 Å². The van der Waals surface area contributed by atoms with Gasteiger partial charge in [0.1, 0.15) is 0 Å². The van der Waals surface area contributed by atoms with Crippen molar-refractivity contribution in [1.82, 2.24) is 29.9 Å². The van der Waals surface area contributed by atoms with Gasteiger partial charge in [0.05, 0.1) is 0 Å². The Morgan fingerprint density at radius 3 is 1.38 bits per heavy atom. The van der Waals surface area contributed by atoms with Crippen molar-refractivity contribution < 1.29 is 0 Å². The van der Waals surface area contributed by atoms with E-state index in [4.69, 9.17) is 0 Å². The molecule has 3 aromatic rings. The number of nitrogens with zero attached hydrogens (tertiary/aromatic N) is 6. The van der Waals surface area contributed by atoms with Crippen LogP contribution in [0, 0.1) is 0 Å². The van der Waals surface area contributed by atoms with E-state index >= 15 is 0 Å². The highest BCUT2D eigenvalue weighted by Gasteiger charge is 2.08. The van der Waals surface area contributed by atoms with Crippen LogP contribution >= 0.6 is 23.5 Å². The molecule has 10 nitrogen and oxygen atoms in total. The lowest BCUT2D eigenvalue weighted by atomic mass is 10.3. The molecule has 12 heteroatoms. The summed E-state index contributed by atoms with van der Waals surface area (Å²) in [7, 11) is 0. The monoisotopic (exact) mass is 468 g/mol. The van der Waals surface area contributed by atoms with Gasteiger partial charge in [0, 0.05) is 24.5 Å². The maximum Gasteiger partial charge on any atom is 0.233 e. The predicted octanol–water partition coefficient (Wildman–Crippen LogP) is 4.18. The van der Waals surface area contributed by atoms with E-state index in [-0.39, 0.29) is 0 Å². The molecule has 0 aliphatic carbocycles. The van der Waals surface area contributed by atoms with Gasteiger partial charge in [0.15, 0.2) is 10.3 Å². The zero-order valence-electron chi connectivity index (χ0n) is 17.8. The molecule has 0 radical (unpaired) electrons. The third-order valence-corrected chi connectivity index (χ3v) is 4.90. The summed E-state index contributed by atoms with van der Waals surface area (Å²) in [5, 5.41) is 13.8. The van der Waals surface area contributed by atoms with Crippen LogP contribution < -0.4 is 21.3 Å². The number of thioether (sulfide) groups is 2. The van der Waals surface area contributed by atoms with Crippen LogP contribution in [0.2, 0.25) is 0 Å². The zero-order chi connectivity index (χ0) is 22.8. The van der Waals surface area contributed by atoms with Gasteiger partial charge < -0.3 is 21.3 Å². The Kier molecular flexibility index (Phi) is 8.63. The van der Waals surface area contributed by atoms with Crippen molar-refractivity contribution in [1.29, 1.82) is 0 Å². The minimum Gasteiger partial charge on any atom is -0.351 e. The molecule has 4 N–H and O–H groups in total. The normalized spacial score (nSPS) is 10.3. The van der Waals surface area contributed by atoms with Gasteiger partial charge in [-0.1, -0.05) is 35.7 Å². The zero-order valence-corrected chi connectivity index (χ0v) is 19.4. The fourth-order valence-corrected chi connectivity index (χ4v) is 3.10. The van der Waals surface area contributed by atoms with Crippen molar-refractivity contribution in [3.8, 4) is 0 Å². The first-order chi connectivity index (χ1) is 15.6. The van der Waals surface area contributed by atoms with Crippen molar-refractivity contribution in [2.75, 3.05) is 46.9 Å². The molecule has 166 valence electrons. The first-order valence-electron chi connectivity index (χ1n) is 9.57. The minimum atomic E-state index is 0.455. The number of nitrogens with one attached hydrogen (secondary N) is 4. The number of anilines is 6. The molecule has 3 rings (SSSR count). The van der Waals surface area contributed by atoms with Gasteiger partial charge >= 0.3 is 0 Å². The van der Waals surface area contributed by atoms with Gasteiger partial charge in [-0.2, -0.15) is 29.9 Å². The van der Waals surface area contributed by atoms with Crippen LogP contribution in [0.3, 0.4) is 0 Å². The van der Waals surface area contributed by atoms with E-state index in [1.165, 1.54) is 23.5 Å². The number of hydrogen-bond acceptors (Lipinski definition) is 12. The van der Waals surface area contributed by atoms with Gasteiger partial charge in [0.25, 0.3) is 0 Å². The number of hydrogen-bond donors (Lipinski definition) is 4. The molecule has 0 aliphatic rings. The second-order valence-corrected chi connectivity index (χ2v) is 7.65. The minimum absolute atomic E-state index is 0.455. The fraction of sp³-hybridized carbons (Fsp3) is 0.200. The smallest absolute Gasteiger partial charge is 0.233 e. The number of benzene rings is 1. The highest BCUT2D eigenvalue weighted by molar-refractivity contribution is 7.98. The first-order valence-corrected chi connectivity index (χ1v) is 12.0. The highest BCUT2D eigenvalue weighted by atomic mass is 32.2. The Balaban J connectivity index is 1.72. The van der Waals surface area contributed by atoms with Crippen molar-refractivity contribution >= 4 is 58.7 Å². The van der Waals surface area contributed by atoms with Crippen molar-refractivity contribution in [2.24, 2.45) is 0 Å². The van der Waals surface area contributed by atoms with E-state index in [0.29, 0.717) is 47.2 Å². The maximum atomic E-state index is 4.40. The summed E-state index contributed by atoms with van der Waals surface area (Å²) in [6.07, 6.45) is 7.32. The SMILES string of the molecule is C=CCNc1nc(Nc2ccc(Nc3nc(NCC=C)nc(SC)n3)cc2)nc(SC)n1. The summed E-state index contributed by atoms with van der Waals surface area (Å²) in [6.45, 7) is 8.52. The Labute approximate surface area is 195 Å². The molecule has 0 fully saturated rings. The van der Waals surface area contributed by atoms with Gasteiger partial charge in [-0.05, 0) is 36.8 Å². The Bertz CT molecular complexity index is 974. The third kappa shape index (κ3) is 6.82. The van der Waals surface area contributed by atoms with Gasteiger partial charge in [-0.3, -0.25) is 0 Å². The number of rotatable bonds is 12. The van der Waals surface area contributed by atoms with Crippen LogP contribution in [0.25, 0.3) is 0 Å². The summed E-state index contributed by atoms with van der Waals surface area (Å²) in [5.41, 5.74) is 1.66. The molecular formula is C20H24N10S2. The van der Waals surface area contributed by atoms with Gasteiger partial charge in [-0.25, -0.2) is 0 Å². The molecule has 0 saturated heterocycles. The Hall–Kier alpha value is -3.38. The van der Waals surface area contributed by atoms with Crippen LogP contribution in [0.5, 0.6) is 0 Å². The maximum absolute atomic E-state index is 4.40. The first kappa shape index (κ1) is 23.3. The lowest BCUT2D eigenvalue weighted by Crippen LogP contribution is -2.08. The average Bonchev–Trinajstić information content (AvgIpc) is 2.82. The van der Waals surface area contributed by atoms with Crippen LogP contribution in [0.1, 0.15) is 0 Å². The van der Waals surface area contributed by atoms with Crippen LogP contribution in [0.4, 0.5) is 35.2 Å². The molecule has 0 spiro atoms. The molecule has 1 aromatic carbocycles. The van der Waals surface area contributed by atoms with Gasteiger partial charge in [0.2, 0.25) is 23.8 Å². The molecule has 2 aromatic heterocycles. The quantitative estimate of drug-likeness (QED) is 0.225. The average molecular weight is 469 g/mol. The molecular weight excluding hydrogens is 444 g/mol. The lowest BCUT2D eigenvalue weighted by molar-refractivity contribution is 0.912. The standard InChI is InChI=1S/C20H24N10S2/c1-5-11-21-15-25-17(29-19(27-15)31-3)23-13-7-9-14(10-8-13)24-18-26-16(22-12-6-2)28-20(30-18)32-4/h5-10H,1-2,11-12H2,3-4H3,(H2,21,23,25,27,29)(H2,22,24,26,28,30). The summed E-state index contributed by atoms with van der Waals surface area (Å²) in [6, 6.07) is 7.65. The second kappa shape index (κ2) is 11.9. The highest BCUT2D eigenvalue weighted by Crippen LogP contribution is 2.22. The van der Waals surface area contributed by atoms with E-state index in [0.717, 1.165) is 11.4 Å². The van der Waals surface area contributed by atoms with E-state index in [1.807, 2.05) is 36.8 Å². The summed E-state index contributed by atoms with van der Waals surface area (Å²) >= 11 is 2.89. The molecule has 0 amide bonds. The molecule has 2 heterocycles. The fourth-order valence-electron chi connectivity index (χ4n) is 2.39. The van der Waals surface area contributed by atoms with Crippen molar-refractivity contribution in [3.05, 3.63) is 49.6 Å². The van der Waals surface area contributed by atoms with E-state index in [1.54, 1.807) is 12.2 Å². The topological polar surface area (TPSA) is 125 Å². The van der Waals surface area contributed by atoms with E-state index < -0.39 is 0 Å². The van der Waals surface area contributed by atoms with E-state index in [9.17, 15) is 0 Å². The molecule has 0 unspecified atom stereocenters. The lowest BCUT2D eigenvalue weighted by Gasteiger charge is -2.10. The van der Waals surface area contributed by atoms with Crippen molar-refractivity contribution in [2.45, 2.75) is 10.3 Å². The second-order valence-electron chi connectivity index (χ2n) is 6.11. The van der Waals surface area contributed by atoms with Crippen LogP contribution in [-0.2, 0) is 0 Å². The summed E-state index contributed by atoms with van der Waals surface area (Å²) < 4.78 is 0. The molecule has 32 heavy (non-hydrogen) atoms. The molecule has 0 saturated carbocycles. The molecule has 0 bridgehead atoms. The third-order valence-electron chi connectivity index (χ3n) is 3.80. The number of aromatic nitrogens is 6. The molecule has 0 atom stereocenters. The van der Waals surface area contributed by atoms with Gasteiger partial charge in [-0.15, -0.1) is 13.2 Å². The van der Waals surface area contributed by atoms with E-state index in [2.05, 4.69) is 64.3 Å². The predicted molar refractivity (Wildman–Crippen MR) is 134 cm³/mol. The molecule has 0 aliphatic heterocycles. The summed E-state index contributed by atoms with van der Waals surface area (Å²) in [4.78, 5) is 26.3. The van der Waals surface area contributed by atoms with Crippen molar-refractivity contribution in [3.63, 3.8) is 0 Å². The largest absolute Gasteiger partial charge is 0.351 e. The summed E-state index contributed by atoms with van der Waals surface area (Å²) in [5.74, 6) is 1.89. The Morgan fingerprint density at radius 1 is 0.656 bits per heavy atom. The van der Waals surface area contributed by atoms with Crippen LogP contribution in [-0.4, -0.2) is 55.5 Å².